The van der Waals surface area contributed by atoms with Gasteiger partial charge in [0.1, 0.15) is 0 Å². The molecule has 62 heavy (non-hydrogen) atoms. The van der Waals surface area contributed by atoms with Gasteiger partial charge < -0.3 is 0 Å². The van der Waals surface area contributed by atoms with Gasteiger partial charge in [0.05, 0.1) is 10.8 Å². The van der Waals surface area contributed by atoms with E-state index in [0.29, 0.717) is 0 Å². The van der Waals surface area contributed by atoms with Crippen LogP contribution >= 0.6 is 0 Å². The zero-order valence-electron chi connectivity index (χ0n) is 39.5. The SMILES string of the molecule is Cc1ccc2c(c1)C1(c3cc(C(C)(C)C)ccc3-c3ccc(C(C)(C)C)cc31)c1cc3c(cc1-2)C1(c2cc(C)ccc2-3)c2cc(C(C)(C)C)ccc2-c2ccc(C(C)(C)C)cc21. The van der Waals surface area contributed by atoms with Gasteiger partial charge >= 0.3 is 0 Å². The second-order valence-electron chi connectivity index (χ2n) is 23.6. The number of hydrogen-bond donors (Lipinski definition) is 0. The van der Waals surface area contributed by atoms with Crippen LogP contribution < -0.4 is 0 Å². The van der Waals surface area contributed by atoms with Gasteiger partial charge in [-0.05, 0) is 159 Å². The Morgan fingerprint density at radius 1 is 0.242 bits per heavy atom. The Balaban J connectivity index is 1.32. The molecule has 0 bridgehead atoms. The predicted octanol–water partition coefficient (Wildman–Crippen LogP) is 16.2. The molecule has 0 radical (unpaired) electrons. The summed E-state index contributed by atoms with van der Waals surface area (Å²) in [5.74, 6) is 0. The third kappa shape index (κ3) is 5.02. The summed E-state index contributed by atoms with van der Waals surface area (Å²) in [6.45, 7) is 32.9. The molecule has 0 heterocycles. The first-order chi connectivity index (χ1) is 29.0. The lowest BCUT2D eigenvalue weighted by atomic mass is 9.67. The van der Waals surface area contributed by atoms with E-state index in [9.17, 15) is 0 Å². The van der Waals surface area contributed by atoms with E-state index in [1.165, 1.54) is 122 Å². The Labute approximate surface area is 371 Å². The molecule has 0 atom stereocenters. The lowest BCUT2D eigenvalue weighted by Crippen LogP contribution is -2.29. The van der Waals surface area contributed by atoms with Crippen molar-refractivity contribution >= 4 is 0 Å². The topological polar surface area (TPSA) is 0 Å². The van der Waals surface area contributed by atoms with E-state index < -0.39 is 10.8 Å². The van der Waals surface area contributed by atoms with Gasteiger partial charge in [0.2, 0.25) is 0 Å². The van der Waals surface area contributed by atoms with Gasteiger partial charge in [0, 0.05) is 0 Å². The van der Waals surface area contributed by atoms with E-state index >= 15 is 0 Å². The molecule has 0 aromatic heterocycles. The van der Waals surface area contributed by atoms with Crippen molar-refractivity contribution in [3.63, 3.8) is 0 Å². The van der Waals surface area contributed by atoms with Gasteiger partial charge in [-0.1, -0.05) is 203 Å². The fourth-order valence-electron chi connectivity index (χ4n) is 12.0. The fourth-order valence-corrected chi connectivity index (χ4v) is 12.0. The largest absolute Gasteiger partial charge is 0.0726 e. The van der Waals surface area contributed by atoms with Crippen molar-refractivity contribution in [2.75, 3.05) is 0 Å². The summed E-state index contributed by atoms with van der Waals surface area (Å²) < 4.78 is 0. The molecule has 7 aromatic carbocycles. The van der Waals surface area contributed by atoms with Crippen molar-refractivity contribution in [1.82, 2.24) is 0 Å². The van der Waals surface area contributed by atoms with Crippen LogP contribution in [0.4, 0.5) is 0 Å². The van der Waals surface area contributed by atoms with Crippen LogP contribution in [0.2, 0.25) is 0 Å². The minimum Gasteiger partial charge on any atom is -0.0587 e. The molecule has 0 saturated heterocycles. The minimum atomic E-state index is -0.468. The van der Waals surface area contributed by atoms with E-state index in [2.05, 4.69) is 218 Å². The predicted molar refractivity (Wildman–Crippen MR) is 263 cm³/mol. The summed E-state index contributed by atoms with van der Waals surface area (Å²) in [5, 5.41) is 0. The van der Waals surface area contributed by atoms with Crippen LogP contribution in [0.5, 0.6) is 0 Å². The zero-order valence-corrected chi connectivity index (χ0v) is 39.5. The molecular weight excluding hydrogens is 745 g/mol. The monoisotopic (exact) mass is 806 g/mol. The van der Waals surface area contributed by atoms with Crippen LogP contribution in [-0.4, -0.2) is 0 Å². The summed E-state index contributed by atoms with van der Waals surface area (Å²) in [6, 6.07) is 49.8. The van der Waals surface area contributed by atoms with Crippen LogP contribution in [0.1, 0.15) is 161 Å². The Hall–Kier alpha value is -5.46. The molecule has 0 fully saturated rings. The summed E-state index contributed by atoms with van der Waals surface area (Å²) in [6.07, 6.45) is 0. The second kappa shape index (κ2) is 12.2. The first-order valence-corrected chi connectivity index (χ1v) is 23.1. The van der Waals surface area contributed by atoms with Crippen molar-refractivity contribution in [2.24, 2.45) is 0 Å². The highest BCUT2D eigenvalue weighted by molar-refractivity contribution is 6.01. The maximum atomic E-state index is 2.69. The van der Waals surface area contributed by atoms with Crippen LogP contribution in [0, 0.1) is 13.8 Å². The van der Waals surface area contributed by atoms with Crippen LogP contribution in [0.15, 0.2) is 121 Å². The van der Waals surface area contributed by atoms with Crippen molar-refractivity contribution < 1.29 is 0 Å². The molecule has 7 aromatic rings. The van der Waals surface area contributed by atoms with Gasteiger partial charge in [-0.3, -0.25) is 0 Å². The molecule has 0 saturated carbocycles. The first-order valence-electron chi connectivity index (χ1n) is 23.1. The molecule has 0 aliphatic heterocycles. The van der Waals surface area contributed by atoms with Crippen LogP contribution in [-0.2, 0) is 32.5 Å². The number of benzene rings is 7. The Morgan fingerprint density at radius 2 is 0.452 bits per heavy atom. The number of rotatable bonds is 0. The number of hydrogen-bond acceptors (Lipinski definition) is 0. The van der Waals surface area contributed by atoms with Crippen molar-refractivity contribution in [3.05, 3.63) is 199 Å². The van der Waals surface area contributed by atoms with E-state index in [1.807, 2.05) is 0 Å². The Bertz CT molecular complexity index is 2770. The molecule has 0 heteroatoms. The normalized spacial score (nSPS) is 15.8. The number of aryl methyl sites for hydroxylation is 2. The molecule has 4 aliphatic rings. The lowest BCUT2D eigenvalue weighted by molar-refractivity contribution is 0.586. The quantitative estimate of drug-likeness (QED) is 0.143. The first kappa shape index (κ1) is 39.4. The smallest absolute Gasteiger partial charge is 0.0587 e. The van der Waals surface area contributed by atoms with Gasteiger partial charge in [0.25, 0.3) is 0 Å². The molecule has 4 aliphatic carbocycles. The van der Waals surface area contributed by atoms with E-state index in [-0.39, 0.29) is 21.7 Å². The molecule has 11 rings (SSSR count). The average Bonchev–Trinajstić information content (AvgIpc) is 3.85. The van der Waals surface area contributed by atoms with Gasteiger partial charge in [-0.2, -0.15) is 0 Å². The molecular formula is C62H62. The van der Waals surface area contributed by atoms with Crippen molar-refractivity contribution in [3.8, 4) is 44.5 Å². The highest BCUT2D eigenvalue weighted by Gasteiger charge is 2.57. The minimum absolute atomic E-state index is 0.000616. The summed E-state index contributed by atoms with van der Waals surface area (Å²) in [5.41, 5.74) is 29.5. The fraction of sp³-hybridized carbons (Fsp3) is 0.323. The maximum Gasteiger partial charge on any atom is 0.0726 e. The van der Waals surface area contributed by atoms with E-state index in [4.69, 9.17) is 0 Å². The van der Waals surface area contributed by atoms with E-state index in [0.717, 1.165) is 0 Å². The van der Waals surface area contributed by atoms with Gasteiger partial charge in [0.15, 0.2) is 0 Å². The third-order valence-electron chi connectivity index (χ3n) is 15.4. The number of fused-ring (bicyclic) bond motifs is 20. The highest BCUT2D eigenvalue weighted by Crippen LogP contribution is 2.69. The molecule has 0 unspecified atom stereocenters. The van der Waals surface area contributed by atoms with Gasteiger partial charge in [-0.15, -0.1) is 0 Å². The second-order valence-corrected chi connectivity index (χ2v) is 23.6. The average molecular weight is 807 g/mol. The third-order valence-corrected chi connectivity index (χ3v) is 15.4. The summed E-state index contributed by atoms with van der Waals surface area (Å²) >= 11 is 0. The van der Waals surface area contributed by atoms with Crippen LogP contribution in [0.3, 0.4) is 0 Å². The standard InChI is InChI=1S/C62H62/c1-35-15-21-45-47-33-56-48(34-55(47)61(49(45)27-35)51-29-37(57(3,4)5)17-23-41(51)42-24-18-38(30-52(42)61)58(6,7)8)46-22-16-36(2)28-50(46)62(56)53-31-39(59(9,10)11)19-25-43(53)44-26-20-40(32-54(44)62)60(12,13)14/h15-34H,1-14H3. The van der Waals surface area contributed by atoms with Crippen molar-refractivity contribution in [2.45, 2.75) is 129 Å². The van der Waals surface area contributed by atoms with Gasteiger partial charge in [-0.25, -0.2) is 0 Å². The Morgan fingerprint density at radius 3 is 0.710 bits per heavy atom. The zero-order chi connectivity index (χ0) is 43.8. The molecule has 2 spiro atoms. The van der Waals surface area contributed by atoms with Crippen LogP contribution in [0.25, 0.3) is 44.5 Å². The molecule has 0 N–H and O–H groups in total. The lowest BCUT2D eigenvalue weighted by Gasteiger charge is -2.34. The van der Waals surface area contributed by atoms with Crippen molar-refractivity contribution in [1.29, 1.82) is 0 Å². The summed E-state index contributed by atoms with van der Waals surface area (Å²) in [7, 11) is 0. The Kier molecular flexibility index (Phi) is 7.73. The molecule has 0 nitrogen and oxygen atoms in total. The highest BCUT2D eigenvalue weighted by atomic mass is 14.6. The molecule has 310 valence electrons. The van der Waals surface area contributed by atoms with E-state index in [1.54, 1.807) is 0 Å². The summed E-state index contributed by atoms with van der Waals surface area (Å²) in [4.78, 5) is 0. The maximum absolute atomic E-state index is 2.69. The molecule has 0 amide bonds.